The van der Waals surface area contributed by atoms with Crippen LogP contribution in [0.4, 0.5) is 0 Å². The monoisotopic (exact) mass is 227 g/mol. The van der Waals surface area contributed by atoms with Gasteiger partial charge in [0.1, 0.15) is 0 Å². The molecule has 0 saturated carbocycles. The van der Waals surface area contributed by atoms with Crippen LogP contribution >= 0.6 is 0 Å². The highest BCUT2D eigenvalue weighted by molar-refractivity contribution is 5.79. The third kappa shape index (κ3) is 3.64. The zero-order valence-corrected chi connectivity index (χ0v) is 10.7. The van der Waals surface area contributed by atoms with Gasteiger partial charge in [0.15, 0.2) is 0 Å². The van der Waals surface area contributed by atoms with Gasteiger partial charge < -0.3 is 9.80 Å². The fraction of sp³-hybridized carbons (Fsp3) is 0.909. The highest BCUT2D eigenvalue weighted by atomic mass is 15.4. The Balaban J connectivity index is 2.54. The molecule has 1 heterocycles. The van der Waals surface area contributed by atoms with Crippen molar-refractivity contribution in [1.82, 2.24) is 15.2 Å². The third-order valence-electron chi connectivity index (χ3n) is 3.00. The Kier molecular flexibility index (Phi) is 5.55. The lowest BCUT2D eigenvalue weighted by molar-refractivity contribution is 0.157. The summed E-state index contributed by atoms with van der Waals surface area (Å²) in [6, 6.07) is 0.468. The number of aliphatic imine (C=N–C) groups is 1. The Labute approximate surface area is 98.7 Å². The van der Waals surface area contributed by atoms with Gasteiger partial charge in [0.05, 0.1) is 0 Å². The minimum Gasteiger partial charge on any atom is -0.337 e. The molecule has 1 saturated heterocycles. The molecule has 0 bridgehead atoms. The van der Waals surface area contributed by atoms with Crippen molar-refractivity contribution < 1.29 is 0 Å². The van der Waals surface area contributed by atoms with Crippen LogP contribution in [0.1, 0.15) is 26.7 Å². The van der Waals surface area contributed by atoms with Gasteiger partial charge in [0.2, 0.25) is 5.96 Å². The summed E-state index contributed by atoms with van der Waals surface area (Å²) in [5.74, 6) is 6.39. The number of nitrogens with zero attached hydrogens (tertiary/aromatic N) is 3. The van der Waals surface area contributed by atoms with Gasteiger partial charge in [0.25, 0.3) is 0 Å². The van der Waals surface area contributed by atoms with E-state index < -0.39 is 0 Å². The van der Waals surface area contributed by atoms with Crippen molar-refractivity contribution in [2.45, 2.75) is 32.7 Å². The molecule has 1 atom stereocenters. The van der Waals surface area contributed by atoms with Crippen molar-refractivity contribution in [2.75, 3.05) is 33.2 Å². The molecule has 0 aliphatic carbocycles. The number of hydrazine groups is 1. The van der Waals surface area contributed by atoms with Crippen molar-refractivity contribution in [3.63, 3.8) is 0 Å². The summed E-state index contributed by atoms with van der Waals surface area (Å²) in [5, 5.41) is 0. The number of nitrogens with one attached hydrogen (secondary N) is 1. The summed E-state index contributed by atoms with van der Waals surface area (Å²) >= 11 is 0. The average molecular weight is 227 g/mol. The topological polar surface area (TPSA) is 56.9 Å². The first-order valence-corrected chi connectivity index (χ1v) is 6.15. The van der Waals surface area contributed by atoms with Crippen molar-refractivity contribution >= 4 is 5.96 Å². The van der Waals surface area contributed by atoms with Gasteiger partial charge in [-0.3, -0.25) is 10.4 Å². The molecule has 0 aromatic carbocycles. The van der Waals surface area contributed by atoms with Gasteiger partial charge in [-0.15, -0.1) is 0 Å². The van der Waals surface area contributed by atoms with E-state index in [9.17, 15) is 0 Å². The summed E-state index contributed by atoms with van der Waals surface area (Å²) in [5.41, 5.74) is 2.73. The van der Waals surface area contributed by atoms with Gasteiger partial charge >= 0.3 is 0 Å². The Morgan fingerprint density at radius 2 is 2.25 bits per heavy atom. The van der Waals surface area contributed by atoms with E-state index >= 15 is 0 Å². The molecule has 0 spiro atoms. The van der Waals surface area contributed by atoms with Gasteiger partial charge in [-0.25, -0.2) is 5.84 Å². The van der Waals surface area contributed by atoms with E-state index in [1.807, 2.05) is 0 Å². The molecular formula is C11H25N5. The predicted molar refractivity (Wildman–Crippen MR) is 68.2 cm³/mol. The van der Waals surface area contributed by atoms with Crippen molar-refractivity contribution in [2.24, 2.45) is 10.8 Å². The molecule has 0 radical (unpaired) electrons. The first-order chi connectivity index (χ1) is 7.69. The highest BCUT2D eigenvalue weighted by Crippen LogP contribution is 2.07. The normalized spacial score (nSPS) is 23.6. The summed E-state index contributed by atoms with van der Waals surface area (Å²) in [7, 11) is 2.15. The van der Waals surface area contributed by atoms with Crippen molar-refractivity contribution in [3.05, 3.63) is 0 Å². The van der Waals surface area contributed by atoms with Crippen LogP contribution in [0.15, 0.2) is 4.99 Å². The van der Waals surface area contributed by atoms with Crippen LogP contribution in [-0.4, -0.2) is 55.0 Å². The summed E-state index contributed by atoms with van der Waals surface area (Å²) in [4.78, 5) is 9.11. The maximum absolute atomic E-state index is 5.55. The van der Waals surface area contributed by atoms with Crippen LogP contribution in [0.5, 0.6) is 0 Å². The predicted octanol–water partition coefficient (Wildman–Crippen LogP) is 0.242. The van der Waals surface area contributed by atoms with Gasteiger partial charge in [-0.2, -0.15) is 0 Å². The molecule has 94 valence electrons. The molecule has 0 aromatic heterocycles. The second-order valence-electron chi connectivity index (χ2n) is 4.51. The Morgan fingerprint density at radius 3 is 2.81 bits per heavy atom. The number of unbranched alkanes of at least 4 members (excludes halogenated alkanes) is 1. The number of hydrogen-bond acceptors (Lipinski definition) is 3. The van der Waals surface area contributed by atoms with Crippen LogP contribution in [0, 0.1) is 0 Å². The number of piperazine rings is 1. The molecule has 1 aliphatic heterocycles. The lowest BCUT2D eigenvalue weighted by Crippen LogP contribution is -2.57. The van der Waals surface area contributed by atoms with Crippen LogP contribution in [0.3, 0.4) is 0 Å². The number of nitrogens with two attached hydrogens (primary N) is 1. The number of rotatable bonds is 3. The molecule has 3 N–H and O–H groups in total. The Bertz CT molecular complexity index is 228. The van der Waals surface area contributed by atoms with E-state index in [2.05, 4.69) is 41.1 Å². The Hall–Kier alpha value is -0.810. The third-order valence-corrected chi connectivity index (χ3v) is 3.00. The minimum absolute atomic E-state index is 0.468. The smallest absolute Gasteiger partial charge is 0.208 e. The van der Waals surface area contributed by atoms with Crippen LogP contribution in [0.2, 0.25) is 0 Å². The van der Waals surface area contributed by atoms with E-state index in [4.69, 9.17) is 5.84 Å². The van der Waals surface area contributed by atoms with E-state index in [-0.39, 0.29) is 0 Å². The lowest BCUT2D eigenvalue weighted by Gasteiger charge is -2.39. The lowest BCUT2D eigenvalue weighted by atomic mass is 10.2. The second kappa shape index (κ2) is 6.70. The second-order valence-corrected chi connectivity index (χ2v) is 4.51. The van der Waals surface area contributed by atoms with E-state index in [0.29, 0.717) is 6.04 Å². The number of guanidine groups is 1. The van der Waals surface area contributed by atoms with E-state index in [1.165, 1.54) is 6.42 Å². The van der Waals surface area contributed by atoms with Crippen LogP contribution in [-0.2, 0) is 0 Å². The first kappa shape index (κ1) is 13.3. The zero-order valence-electron chi connectivity index (χ0n) is 10.7. The molecule has 1 rings (SSSR count). The van der Waals surface area contributed by atoms with Crippen molar-refractivity contribution in [1.29, 1.82) is 0 Å². The number of hydrogen-bond donors (Lipinski definition) is 2. The first-order valence-electron chi connectivity index (χ1n) is 6.15. The van der Waals surface area contributed by atoms with Gasteiger partial charge in [0, 0.05) is 32.2 Å². The fourth-order valence-corrected chi connectivity index (χ4v) is 2.02. The maximum Gasteiger partial charge on any atom is 0.208 e. The zero-order chi connectivity index (χ0) is 12.0. The van der Waals surface area contributed by atoms with E-state index in [1.54, 1.807) is 0 Å². The standard InChI is InChI=1S/C11H25N5/c1-4-5-6-13-11(14-12)16-8-7-15(3)9-10(16)2/h10H,4-9,12H2,1-3H3,(H,13,14). The van der Waals surface area contributed by atoms with Crippen LogP contribution < -0.4 is 11.3 Å². The minimum atomic E-state index is 0.468. The summed E-state index contributed by atoms with van der Waals surface area (Å²) in [6.45, 7) is 8.36. The Morgan fingerprint density at radius 1 is 1.50 bits per heavy atom. The average Bonchev–Trinajstić information content (AvgIpc) is 2.26. The van der Waals surface area contributed by atoms with E-state index in [0.717, 1.165) is 38.6 Å². The molecule has 5 heteroatoms. The molecule has 0 aromatic rings. The largest absolute Gasteiger partial charge is 0.337 e. The molecule has 16 heavy (non-hydrogen) atoms. The van der Waals surface area contributed by atoms with Crippen molar-refractivity contribution in [3.8, 4) is 0 Å². The molecule has 5 nitrogen and oxygen atoms in total. The molecule has 1 aliphatic rings. The maximum atomic E-state index is 5.55. The van der Waals surface area contributed by atoms with Gasteiger partial charge in [-0.1, -0.05) is 13.3 Å². The molecular weight excluding hydrogens is 202 g/mol. The fourth-order valence-electron chi connectivity index (χ4n) is 2.02. The number of likely N-dealkylation sites (N-methyl/N-ethyl adjacent to an activating group) is 1. The van der Waals surface area contributed by atoms with Gasteiger partial charge in [-0.05, 0) is 20.4 Å². The molecule has 0 amide bonds. The summed E-state index contributed by atoms with van der Waals surface area (Å²) in [6.07, 6.45) is 2.28. The molecule has 1 fully saturated rings. The quantitative estimate of drug-likeness (QED) is 0.238. The molecule has 1 unspecified atom stereocenters. The summed E-state index contributed by atoms with van der Waals surface area (Å²) < 4.78 is 0. The highest BCUT2D eigenvalue weighted by Gasteiger charge is 2.23. The SMILES string of the molecule is CCCCN=C(NN)N1CCN(C)CC1C. The van der Waals surface area contributed by atoms with Crippen LogP contribution in [0.25, 0.3) is 0 Å².